The molecule has 0 nitrogen and oxygen atoms in total. The highest BCUT2D eigenvalue weighted by Gasteiger charge is 2.01. The Kier molecular flexibility index (Phi) is 2.53. The number of halogens is 1. The van der Waals surface area contributed by atoms with Gasteiger partial charge in [-0.05, 0) is 68.4 Å². The maximum Gasteiger partial charge on any atom is 0.0248 e. The molecule has 3 aromatic rings. The second-order valence-corrected chi connectivity index (χ2v) is 5.26. The fourth-order valence-electron chi connectivity index (χ4n) is 2.13. The van der Waals surface area contributed by atoms with E-state index in [4.69, 9.17) is 6.42 Å². The molecule has 0 N–H and O–H groups in total. The van der Waals surface area contributed by atoms with Crippen LogP contribution in [0.1, 0.15) is 5.56 Å². The summed E-state index contributed by atoms with van der Waals surface area (Å²) in [5.74, 6) is 2.68. The second kappa shape index (κ2) is 4.05. The van der Waals surface area contributed by atoms with Gasteiger partial charge in [0.1, 0.15) is 0 Å². The summed E-state index contributed by atoms with van der Waals surface area (Å²) in [7, 11) is 0. The molecular weight excluding hydrogens is 319 g/mol. The number of hydrogen-bond acceptors (Lipinski definition) is 0. The molecule has 0 unspecified atom stereocenters. The molecule has 0 saturated carbocycles. The van der Waals surface area contributed by atoms with Crippen molar-refractivity contribution in [1.82, 2.24) is 0 Å². The van der Waals surface area contributed by atoms with E-state index in [0.717, 1.165) is 5.56 Å². The van der Waals surface area contributed by atoms with Gasteiger partial charge in [-0.1, -0.05) is 30.2 Å². The molecule has 0 amide bonds. The fraction of sp³-hybridized carbons (Fsp3) is 0. The molecule has 0 aliphatic heterocycles. The zero-order valence-corrected chi connectivity index (χ0v) is 11.2. The first-order valence-corrected chi connectivity index (χ1v) is 6.44. The van der Waals surface area contributed by atoms with Crippen molar-refractivity contribution in [3.05, 3.63) is 57.7 Å². The lowest BCUT2D eigenvalue weighted by Crippen LogP contribution is -1.80. The van der Waals surface area contributed by atoms with Crippen molar-refractivity contribution in [3.63, 3.8) is 0 Å². The molecule has 17 heavy (non-hydrogen) atoms. The van der Waals surface area contributed by atoms with Crippen molar-refractivity contribution in [2.45, 2.75) is 0 Å². The summed E-state index contributed by atoms with van der Waals surface area (Å²) in [5, 5.41) is 5.02. The predicted octanol–water partition coefficient (Wildman–Crippen LogP) is 4.58. The van der Waals surface area contributed by atoms with Crippen LogP contribution < -0.4 is 0 Å². The van der Waals surface area contributed by atoms with Crippen molar-refractivity contribution in [3.8, 4) is 12.3 Å². The molecule has 3 rings (SSSR count). The monoisotopic (exact) mass is 328 g/mol. The van der Waals surface area contributed by atoms with E-state index in [9.17, 15) is 0 Å². The van der Waals surface area contributed by atoms with Crippen LogP contribution in [0.3, 0.4) is 0 Å². The van der Waals surface area contributed by atoms with E-state index >= 15 is 0 Å². The Bertz CT molecular complexity index is 763. The molecule has 0 aliphatic carbocycles. The zero-order chi connectivity index (χ0) is 11.8. The topological polar surface area (TPSA) is 0 Å². The van der Waals surface area contributed by atoms with Gasteiger partial charge in [-0.15, -0.1) is 6.42 Å². The van der Waals surface area contributed by atoms with E-state index in [1.807, 2.05) is 6.07 Å². The van der Waals surface area contributed by atoms with E-state index in [1.54, 1.807) is 0 Å². The van der Waals surface area contributed by atoms with E-state index in [1.165, 1.54) is 25.1 Å². The average molecular weight is 328 g/mol. The Morgan fingerprint density at radius 2 is 1.47 bits per heavy atom. The van der Waals surface area contributed by atoms with E-state index < -0.39 is 0 Å². The first kappa shape index (κ1) is 10.6. The summed E-state index contributed by atoms with van der Waals surface area (Å²) in [4.78, 5) is 0. The molecule has 0 spiro atoms. The van der Waals surface area contributed by atoms with Crippen molar-refractivity contribution >= 4 is 44.1 Å². The smallest absolute Gasteiger partial charge is 0.0248 e. The van der Waals surface area contributed by atoms with Crippen LogP contribution in [0, 0.1) is 15.9 Å². The van der Waals surface area contributed by atoms with Crippen LogP contribution in [0.5, 0.6) is 0 Å². The normalized spacial score (nSPS) is 10.6. The van der Waals surface area contributed by atoms with Crippen molar-refractivity contribution < 1.29 is 0 Å². The first-order valence-electron chi connectivity index (χ1n) is 5.36. The Labute approximate surface area is 114 Å². The zero-order valence-electron chi connectivity index (χ0n) is 9.07. The summed E-state index contributed by atoms with van der Waals surface area (Å²) in [6, 6.07) is 17.0. The van der Waals surface area contributed by atoms with Crippen molar-refractivity contribution in [2.75, 3.05) is 0 Å². The quantitative estimate of drug-likeness (QED) is 0.322. The number of fused-ring (bicyclic) bond motifs is 3. The highest BCUT2D eigenvalue weighted by molar-refractivity contribution is 14.1. The standard InChI is InChI=1S/C16H9I/c1-2-11-3-7-15-12(9-11)4-5-13-10-14(17)6-8-16(13)15/h1,3-10H. The molecule has 0 bridgehead atoms. The molecule has 0 aromatic heterocycles. The minimum absolute atomic E-state index is 0.933. The van der Waals surface area contributed by atoms with E-state index in [-0.39, 0.29) is 0 Å². The fourth-order valence-corrected chi connectivity index (χ4v) is 2.65. The summed E-state index contributed by atoms with van der Waals surface area (Å²) in [5.41, 5.74) is 0.933. The molecule has 80 valence electrons. The molecule has 0 radical (unpaired) electrons. The minimum Gasteiger partial charge on any atom is -0.115 e. The van der Waals surface area contributed by atoms with Gasteiger partial charge in [0.2, 0.25) is 0 Å². The van der Waals surface area contributed by atoms with Gasteiger partial charge in [-0.2, -0.15) is 0 Å². The third kappa shape index (κ3) is 1.79. The second-order valence-electron chi connectivity index (χ2n) is 4.01. The van der Waals surface area contributed by atoms with Crippen LogP contribution in [0.4, 0.5) is 0 Å². The van der Waals surface area contributed by atoms with Gasteiger partial charge in [0, 0.05) is 9.13 Å². The number of hydrogen-bond donors (Lipinski definition) is 0. The largest absolute Gasteiger partial charge is 0.115 e. The lowest BCUT2D eigenvalue weighted by Gasteiger charge is -2.05. The molecule has 0 fully saturated rings. The Balaban J connectivity index is 2.45. The third-order valence-corrected chi connectivity index (χ3v) is 3.64. The maximum absolute atomic E-state index is 5.42. The molecule has 0 saturated heterocycles. The Morgan fingerprint density at radius 3 is 2.18 bits per heavy atom. The van der Waals surface area contributed by atoms with Gasteiger partial charge in [0.05, 0.1) is 0 Å². The summed E-state index contributed by atoms with van der Waals surface area (Å²) in [6.07, 6.45) is 5.42. The van der Waals surface area contributed by atoms with Gasteiger partial charge in [-0.25, -0.2) is 0 Å². The molecule has 0 aliphatic rings. The van der Waals surface area contributed by atoms with Crippen molar-refractivity contribution in [2.24, 2.45) is 0 Å². The molecule has 0 heterocycles. The molecule has 3 aromatic carbocycles. The lowest BCUT2D eigenvalue weighted by atomic mass is 10.0. The van der Waals surface area contributed by atoms with E-state index in [2.05, 4.69) is 71.0 Å². The Hall–Kier alpha value is -1.53. The van der Waals surface area contributed by atoms with Gasteiger partial charge < -0.3 is 0 Å². The number of benzene rings is 3. The van der Waals surface area contributed by atoms with Gasteiger partial charge >= 0.3 is 0 Å². The number of terminal acetylenes is 1. The summed E-state index contributed by atoms with van der Waals surface area (Å²) < 4.78 is 1.26. The Morgan fingerprint density at radius 1 is 0.824 bits per heavy atom. The SMILES string of the molecule is C#Cc1ccc2c(ccc3cc(I)ccc32)c1. The summed E-state index contributed by atoms with van der Waals surface area (Å²) in [6.45, 7) is 0. The van der Waals surface area contributed by atoms with E-state index in [0.29, 0.717) is 0 Å². The van der Waals surface area contributed by atoms with Crippen LogP contribution >= 0.6 is 22.6 Å². The van der Waals surface area contributed by atoms with Crippen LogP contribution in [-0.2, 0) is 0 Å². The van der Waals surface area contributed by atoms with Crippen molar-refractivity contribution in [1.29, 1.82) is 0 Å². The first-order chi connectivity index (χ1) is 8.28. The summed E-state index contributed by atoms with van der Waals surface area (Å²) >= 11 is 2.34. The van der Waals surface area contributed by atoms with Crippen LogP contribution in [0.2, 0.25) is 0 Å². The average Bonchev–Trinajstić information content (AvgIpc) is 2.37. The van der Waals surface area contributed by atoms with Gasteiger partial charge in [0.15, 0.2) is 0 Å². The predicted molar refractivity (Wildman–Crippen MR) is 82.1 cm³/mol. The highest BCUT2D eigenvalue weighted by atomic mass is 127. The molecule has 1 heteroatoms. The molecule has 0 atom stereocenters. The molecular formula is C16H9I. The van der Waals surface area contributed by atoms with Gasteiger partial charge in [-0.3, -0.25) is 0 Å². The maximum atomic E-state index is 5.42. The minimum atomic E-state index is 0.933. The van der Waals surface area contributed by atoms with Gasteiger partial charge in [0.25, 0.3) is 0 Å². The third-order valence-electron chi connectivity index (χ3n) is 2.96. The van der Waals surface area contributed by atoms with Crippen LogP contribution in [0.25, 0.3) is 21.5 Å². The lowest BCUT2D eigenvalue weighted by molar-refractivity contribution is 1.70. The van der Waals surface area contributed by atoms with Crippen LogP contribution in [-0.4, -0.2) is 0 Å². The highest BCUT2D eigenvalue weighted by Crippen LogP contribution is 2.27. The van der Waals surface area contributed by atoms with Crippen LogP contribution in [0.15, 0.2) is 48.5 Å². The number of rotatable bonds is 0.